The highest BCUT2D eigenvalue weighted by molar-refractivity contribution is 6.31. The molecular weight excluding hydrogens is 264 g/mol. The van der Waals surface area contributed by atoms with Crippen LogP contribution in [0.4, 0.5) is 0 Å². The number of nitrogens with zero attached hydrogens (tertiary/aromatic N) is 4. The summed E-state index contributed by atoms with van der Waals surface area (Å²) in [5, 5.41) is 10.5. The minimum atomic E-state index is -0.0896. The van der Waals surface area contributed by atoms with Gasteiger partial charge in [-0.3, -0.25) is 9.55 Å². The van der Waals surface area contributed by atoms with Gasteiger partial charge < -0.3 is 5.11 Å². The van der Waals surface area contributed by atoms with Crippen LogP contribution in [0.1, 0.15) is 18.5 Å². The molecule has 0 bridgehead atoms. The molecule has 0 aromatic carbocycles. The Morgan fingerprint density at radius 3 is 2.79 bits per heavy atom. The molecule has 5 nitrogen and oxygen atoms in total. The molecule has 3 heterocycles. The fourth-order valence-electron chi connectivity index (χ4n) is 2.11. The second-order valence-electron chi connectivity index (χ2n) is 4.23. The minimum absolute atomic E-state index is 0.0749. The fourth-order valence-corrected chi connectivity index (χ4v) is 2.27. The Kier molecular flexibility index (Phi) is 2.83. The van der Waals surface area contributed by atoms with Crippen molar-refractivity contribution < 1.29 is 5.11 Å². The van der Waals surface area contributed by atoms with Gasteiger partial charge in [-0.2, -0.15) is 4.98 Å². The van der Waals surface area contributed by atoms with Crippen molar-refractivity contribution in [1.82, 2.24) is 19.5 Å². The lowest BCUT2D eigenvalue weighted by molar-refractivity contribution is 0.394. The van der Waals surface area contributed by atoms with Gasteiger partial charge in [-0.05, 0) is 30.7 Å². The third-order valence-electron chi connectivity index (χ3n) is 3.07. The van der Waals surface area contributed by atoms with Crippen molar-refractivity contribution in [2.75, 3.05) is 0 Å². The Bertz CT molecular complexity index is 726. The summed E-state index contributed by atoms with van der Waals surface area (Å²) in [4.78, 5) is 12.1. The zero-order valence-electron chi connectivity index (χ0n) is 10.2. The van der Waals surface area contributed by atoms with Crippen LogP contribution in [0.5, 0.6) is 6.01 Å². The zero-order valence-corrected chi connectivity index (χ0v) is 10.9. The number of pyridine rings is 2. The smallest absolute Gasteiger partial charge is 0.296 e. The van der Waals surface area contributed by atoms with Crippen LogP contribution in [0.15, 0.2) is 36.8 Å². The maximum atomic E-state index is 10.0. The molecule has 0 aliphatic heterocycles. The quantitative estimate of drug-likeness (QED) is 0.780. The number of fused-ring (bicyclic) bond motifs is 1. The van der Waals surface area contributed by atoms with Gasteiger partial charge in [-0.15, -0.1) is 0 Å². The molecule has 0 saturated carbocycles. The van der Waals surface area contributed by atoms with Crippen molar-refractivity contribution in [3.05, 3.63) is 47.4 Å². The van der Waals surface area contributed by atoms with Crippen LogP contribution in [0.25, 0.3) is 11.2 Å². The predicted molar refractivity (Wildman–Crippen MR) is 72.3 cm³/mol. The summed E-state index contributed by atoms with van der Waals surface area (Å²) in [7, 11) is 0. The molecule has 6 heteroatoms. The molecule has 0 radical (unpaired) electrons. The lowest BCUT2D eigenvalue weighted by Crippen LogP contribution is -2.06. The van der Waals surface area contributed by atoms with Crippen LogP contribution in [-0.4, -0.2) is 24.6 Å². The van der Waals surface area contributed by atoms with E-state index < -0.39 is 0 Å². The Labute approximate surface area is 114 Å². The molecule has 0 amide bonds. The van der Waals surface area contributed by atoms with E-state index in [1.807, 2.05) is 19.1 Å². The van der Waals surface area contributed by atoms with Gasteiger partial charge in [0.1, 0.15) is 0 Å². The summed E-state index contributed by atoms with van der Waals surface area (Å²) in [6.07, 6.45) is 4.94. The first-order valence-corrected chi connectivity index (χ1v) is 6.17. The number of hydrogen-bond donors (Lipinski definition) is 1. The number of aromatic hydroxyl groups is 1. The first-order chi connectivity index (χ1) is 9.16. The molecule has 19 heavy (non-hydrogen) atoms. The van der Waals surface area contributed by atoms with E-state index in [2.05, 4.69) is 15.0 Å². The van der Waals surface area contributed by atoms with Gasteiger partial charge in [-0.1, -0.05) is 11.6 Å². The molecule has 0 saturated heterocycles. The Hall–Kier alpha value is -2.14. The molecular formula is C13H11ClN4O. The first-order valence-electron chi connectivity index (χ1n) is 5.79. The van der Waals surface area contributed by atoms with Crippen LogP contribution in [-0.2, 0) is 0 Å². The van der Waals surface area contributed by atoms with E-state index in [1.165, 1.54) is 6.20 Å². The third kappa shape index (κ3) is 2.02. The van der Waals surface area contributed by atoms with E-state index in [-0.39, 0.29) is 12.1 Å². The molecule has 96 valence electrons. The molecule has 0 aliphatic carbocycles. The van der Waals surface area contributed by atoms with Crippen LogP contribution >= 0.6 is 11.6 Å². The van der Waals surface area contributed by atoms with Crippen molar-refractivity contribution in [1.29, 1.82) is 0 Å². The van der Waals surface area contributed by atoms with Crippen molar-refractivity contribution >= 4 is 22.8 Å². The zero-order chi connectivity index (χ0) is 13.4. The van der Waals surface area contributed by atoms with Crippen molar-refractivity contribution in [2.24, 2.45) is 0 Å². The number of hydrogen-bond acceptors (Lipinski definition) is 4. The topological polar surface area (TPSA) is 63.8 Å². The standard InChI is InChI=1S/C13H11ClN4O/c1-8(9-2-4-15-5-3-9)18-11-6-10(14)7-16-12(11)17-13(18)19/h2-8H,1H3,(H,16,17,19). The maximum Gasteiger partial charge on any atom is 0.296 e. The number of halogens is 1. The summed E-state index contributed by atoms with van der Waals surface area (Å²) in [5.41, 5.74) is 2.20. The van der Waals surface area contributed by atoms with Gasteiger partial charge in [-0.25, -0.2) is 4.98 Å². The Balaban J connectivity index is 2.19. The Morgan fingerprint density at radius 2 is 2.05 bits per heavy atom. The van der Waals surface area contributed by atoms with Gasteiger partial charge in [0.2, 0.25) is 0 Å². The highest BCUT2D eigenvalue weighted by Crippen LogP contribution is 2.29. The van der Waals surface area contributed by atoms with E-state index in [0.29, 0.717) is 16.2 Å². The molecule has 3 aromatic heterocycles. The maximum absolute atomic E-state index is 10.0. The van der Waals surface area contributed by atoms with E-state index >= 15 is 0 Å². The van der Waals surface area contributed by atoms with Crippen molar-refractivity contribution in [3.8, 4) is 6.01 Å². The number of rotatable bonds is 2. The number of imidazole rings is 1. The molecule has 0 fully saturated rings. The largest absolute Gasteiger partial charge is 0.480 e. The molecule has 0 spiro atoms. The molecule has 3 aromatic rings. The molecule has 3 rings (SSSR count). The average Bonchev–Trinajstić information content (AvgIpc) is 2.74. The minimum Gasteiger partial charge on any atom is -0.480 e. The second-order valence-corrected chi connectivity index (χ2v) is 4.67. The summed E-state index contributed by atoms with van der Waals surface area (Å²) < 4.78 is 1.70. The fraction of sp³-hybridized carbons (Fsp3) is 0.154. The molecule has 0 aliphatic rings. The lowest BCUT2D eigenvalue weighted by atomic mass is 10.1. The van der Waals surface area contributed by atoms with E-state index in [9.17, 15) is 5.11 Å². The lowest BCUT2D eigenvalue weighted by Gasteiger charge is -2.15. The SMILES string of the molecule is CC(c1ccncc1)n1c(O)nc2ncc(Cl)cc21. The van der Waals surface area contributed by atoms with E-state index in [1.54, 1.807) is 23.0 Å². The van der Waals surface area contributed by atoms with Gasteiger partial charge in [0.15, 0.2) is 5.65 Å². The van der Waals surface area contributed by atoms with Crippen LogP contribution in [0.3, 0.4) is 0 Å². The van der Waals surface area contributed by atoms with Gasteiger partial charge in [0, 0.05) is 18.6 Å². The first kappa shape index (κ1) is 11.9. The highest BCUT2D eigenvalue weighted by atomic mass is 35.5. The second kappa shape index (κ2) is 4.51. The molecule has 1 N–H and O–H groups in total. The van der Waals surface area contributed by atoms with E-state index in [0.717, 1.165) is 5.56 Å². The monoisotopic (exact) mass is 274 g/mol. The van der Waals surface area contributed by atoms with E-state index in [4.69, 9.17) is 11.6 Å². The van der Waals surface area contributed by atoms with Gasteiger partial charge in [0.25, 0.3) is 6.01 Å². The highest BCUT2D eigenvalue weighted by Gasteiger charge is 2.17. The average molecular weight is 275 g/mol. The van der Waals surface area contributed by atoms with Gasteiger partial charge >= 0.3 is 0 Å². The summed E-state index contributed by atoms with van der Waals surface area (Å²) >= 11 is 5.96. The predicted octanol–water partition coefficient (Wildman–Crippen LogP) is 2.79. The summed E-state index contributed by atoms with van der Waals surface area (Å²) in [6, 6.07) is 5.37. The summed E-state index contributed by atoms with van der Waals surface area (Å²) in [6.45, 7) is 1.97. The molecule has 1 unspecified atom stereocenters. The summed E-state index contributed by atoms with van der Waals surface area (Å²) in [5.74, 6) is 0. The van der Waals surface area contributed by atoms with Crippen LogP contribution in [0, 0.1) is 0 Å². The van der Waals surface area contributed by atoms with Crippen LogP contribution < -0.4 is 0 Å². The normalized spacial score (nSPS) is 12.7. The van der Waals surface area contributed by atoms with Crippen molar-refractivity contribution in [2.45, 2.75) is 13.0 Å². The van der Waals surface area contributed by atoms with Crippen LogP contribution in [0.2, 0.25) is 5.02 Å². The van der Waals surface area contributed by atoms with Gasteiger partial charge in [0.05, 0.1) is 16.6 Å². The Morgan fingerprint density at radius 1 is 1.32 bits per heavy atom. The third-order valence-corrected chi connectivity index (χ3v) is 3.28. The number of aromatic nitrogens is 4. The van der Waals surface area contributed by atoms with Crippen molar-refractivity contribution in [3.63, 3.8) is 0 Å². The molecule has 1 atom stereocenters.